The molecule has 0 aliphatic rings. The lowest BCUT2D eigenvalue weighted by Crippen LogP contribution is -1.95. The fraction of sp³-hybridized carbons (Fsp3) is 0.462. The summed E-state index contributed by atoms with van der Waals surface area (Å²) in [5.41, 5.74) is 8.91. The summed E-state index contributed by atoms with van der Waals surface area (Å²) < 4.78 is 0. The molecule has 0 atom stereocenters. The van der Waals surface area contributed by atoms with Crippen molar-refractivity contribution in [3.63, 3.8) is 0 Å². The van der Waals surface area contributed by atoms with Crippen LogP contribution >= 0.6 is 0 Å². The van der Waals surface area contributed by atoms with Crippen molar-refractivity contribution in [3.05, 3.63) is 29.6 Å². The molecule has 2 aromatic rings. The standard InChI is InChI=1S/C13H19N3/c1-2-3-4-5-13-15-11-7-6-10(9-14)8-12(11)16-13/h6-8H,2-5,9,14H2,1H3,(H,15,16). The fourth-order valence-electron chi connectivity index (χ4n) is 1.90. The molecule has 1 aromatic heterocycles. The highest BCUT2D eigenvalue weighted by Crippen LogP contribution is 2.14. The number of unbranched alkanes of at least 4 members (excludes halogenated alkanes) is 2. The second kappa shape index (κ2) is 5.12. The third kappa shape index (κ3) is 2.42. The summed E-state index contributed by atoms with van der Waals surface area (Å²) in [6.45, 7) is 2.80. The number of imidazole rings is 1. The number of rotatable bonds is 5. The molecule has 3 nitrogen and oxygen atoms in total. The largest absolute Gasteiger partial charge is 0.342 e. The average molecular weight is 217 g/mol. The van der Waals surface area contributed by atoms with E-state index in [0.29, 0.717) is 6.54 Å². The van der Waals surface area contributed by atoms with Gasteiger partial charge >= 0.3 is 0 Å². The van der Waals surface area contributed by atoms with Crippen molar-refractivity contribution in [3.8, 4) is 0 Å². The molecule has 3 N–H and O–H groups in total. The summed E-state index contributed by atoms with van der Waals surface area (Å²) in [4.78, 5) is 7.93. The zero-order chi connectivity index (χ0) is 11.4. The molecule has 0 saturated heterocycles. The van der Waals surface area contributed by atoms with Crippen LogP contribution in [0.3, 0.4) is 0 Å². The Hall–Kier alpha value is -1.35. The first kappa shape index (κ1) is 11.1. The molecule has 0 radical (unpaired) electrons. The van der Waals surface area contributed by atoms with Gasteiger partial charge in [-0.05, 0) is 24.1 Å². The molecule has 3 heteroatoms. The molecule has 2 rings (SSSR count). The van der Waals surface area contributed by atoms with Crippen LogP contribution in [0, 0.1) is 0 Å². The van der Waals surface area contributed by atoms with Crippen molar-refractivity contribution in [1.82, 2.24) is 9.97 Å². The first-order chi connectivity index (χ1) is 7.83. The van der Waals surface area contributed by atoms with Crippen LogP contribution < -0.4 is 5.73 Å². The second-order valence-electron chi connectivity index (χ2n) is 4.20. The third-order valence-electron chi connectivity index (χ3n) is 2.85. The van der Waals surface area contributed by atoms with E-state index in [0.717, 1.165) is 28.8 Å². The lowest BCUT2D eigenvalue weighted by atomic mass is 10.2. The number of aromatic nitrogens is 2. The van der Waals surface area contributed by atoms with Gasteiger partial charge in [-0.25, -0.2) is 4.98 Å². The highest BCUT2D eigenvalue weighted by molar-refractivity contribution is 5.75. The van der Waals surface area contributed by atoms with Crippen LogP contribution in [0.15, 0.2) is 18.2 Å². The van der Waals surface area contributed by atoms with Gasteiger partial charge in [0.15, 0.2) is 0 Å². The Bertz CT molecular complexity index is 459. The Morgan fingerprint density at radius 1 is 1.31 bits per heavy atom. The molecule has 0 saturated carbocycles. The van der Waals surface area contributed by atoms with E-state index < -0.39 is 0 Å². The number of aryl methyl sites for hydroxylation is 1. The maximum Gasteiger partial charge on any atom is 0.107 e. The monoisotopic (exact) mass is 217 g/mol. The number of nitrogens with one attached hydrogen (secondary N) is 1. The van der Waals surface area contributed by atoms with Crippen LogP contribution in [-0.2, 0) is 13.0 Å². The maximum absolute atomic E-state index is 5.61. The first-order valence-electron chi connectivity index (χ1n) is 6.01. The zero-order valence-electron chi connectivity index (χ0n) is 9.79. The van der Waals surface area contributed by atoms with Gasteiger partial charge in [-0.2, -0.15) is 0 Å². The van der Waals surface area contributed by atoms with Gasteiger partial charge < -0.3 is 10.7 Å². The number of hydrogen-bond donors (Lipinski definition) is 2. The van der Waals surface area contributed by atoms with Crippen LogP contribution in [0.1, 0.15) is 37.6 Å². The second-order valence-corrected chi connectivity index (χ2v) is 4.20. The van der Waals surface area contributed by atoms with Crippen LogP contribution in [0.2, 0.25) is 0 Å². The van der Waals surface area contributed by atoms with E-state index in [1.54, 1.807) is 0 Å². The quantitative estimate of drug-likeness (QED) is 0.757. The number of aromatic amines is 1. The normalized spacial score (nSPS) is 11.1. The number of hydrogen-bond acceptors (Lipinski definition) is 2. The zero-order valence-corrected chi connectivity index (χ0v) is 9.79. The third-order valence-corrected chi connectivity index (χ3v) is 2.85. The topological polar surface area (TPSA) is 54.7 Å². The molecular formula is C13H19N3. The molecule has 0 fully saturated rings. The highest BCUT2D eigenvalue weighted by Gasteiger charge is 2.02. The minimum absolute atomic E-state index is 0.583. The number of nitrogens with two attached hydrogens (primary N) is 1. The minimum Gasteiger partial charge on any atom is -0.342 e. The molecule has 1 heterocycles. The summed E-state index contributed by atoms with van der Waals surface area (Å²) in [6.07, 6.45) is 4.77. The Kier molecular flexibility index (Phi) is 3.57. The lowest BCUT2D eigenvalue weighted by molar-refractivity contribution is 0.700. The van der Waals surface area contributed by atoms with Gasteiger partial charge in [0, 0.05) is 13.0 Å². The Labute approximate surface area is 96.1 Å². The van der Waals surface area contributed by atoms with E-state index in [-0.39, 0.29) is 0 Å². The van der Waals surface area contributed by atoms with Crippen LogP contribution in [0.5, 0.6) is 0 Å². The van der Waals surface area contributed by atoms with E-state index >= 15 is 0 Å². The van der Waals surface area contributed by atoms with Crippen molar-refractivity contribution in [2.45, 2.75) is 39.2 Å². The molecule has 0 bridgehead atoms. The predicted molar refractivity (Wildman–Crippen MR) is 67.2 cm³/mol. The van der Waals surface area contributed by atoms with E-state index in [1.807, 2.05) is 12.1 Å². The SMILES string of the molecule is CCCCCc1nc2ccc(CN)cc2[nH]1. The van der Waals surface area contributed by atoms with Gasteiger partial charge in [0.05, 0.1) is 11.0 Å². The summed E-state index contributed by atoms with van der Waals surface area (Å²) in [5.74, 6) is 1.10. The number of nitrogens with zero attached hydrogens (tertiary/aromatic N) is 1. The van der Waals surface area contributed by atoms with Gasteiger partial charge in [-0.3, -0.25) is 0 Å². The molecule has 0 amide bonds. The molecule has 86 valence electrons. The molecule has 16 heavy (non-hydrogen) atoms. The predicted octanol–water partition coefficient (Wildman–Crippen LogP) is 2.75. The fourth-order valence-corrected chi connectivity index (χ4v) is 1.90. The lowest BCUT2D eigenvalue weighted by Gasteiger charge is -1.94. The minimum atomic E-state index is 0.583. The molecule has 0 aliphatic carbocycles. The van der Waals surface area contributed by atoms with Crippen molar-refractivity contribution in [2.24, 2.45) is 5.73 Å². The van der Waals surface area contributed by atoms with Crippen LogP contribution in [0.4, 0.5) is 0 Å². The summed E-state index contributed by atoms with van der Waals surface area (Å²) in [6, 6.07) is 6.17. The average Bonchev–Trinajstić information content (AvgIpc) is 2.70. The summed E-state index contributed by atoms with van der Waals surface area (Å²) in [5, 5.41) is 0. The number of fused-ring (bicyclic) bond motifs is 1. The van der Waals surface area contributed by atoms with E-state index in [4.69, 9.17) is 5.73 Å². The highest BCUT2D eigenvalue weighted by atomic mass is 14.9. The van der Waals surface area contributed by atoms with Gasteiger partial charge in [0.25, 0.3) is 0 Å². The van der Waals surface area contributed by atoms with Crippen molar-refractivity contribution < 1.29 is 0 Å². The summed E-state index contributed by atoms with van der Waals surface area (Å²) in [7, 11) is 0. The van der Waals surface area contributed by atoms with Gasteiger partial charge in [0.2, 0.25) is 0 Å². The number of benzene rings is 1. The molecule has 0 aliphatic heterocycles. The Balaban J connectivity index is 2.16. The van der Waals surface area contributed by atoms with E-state index in [1.165, 1.54) is 19.3 Å². The Morgan fingerprint density at radius 2 is 2.19 bits per heavy atom. The van der Waals surface area contributed by atoms with Gasteiger partial charge in [-0.1, -0.05) is 25.8 Å². The van der Waals surface area contributed by atoms with Crippen LogP contribution in [0.25, 0.3) is 11.0 Å². The van der Waals surface area contributed by atoms with Crippen LogP contribution in [-0.4, -0.2) is 9.97 Å². The molecule has 0 unspecified atom stereocenters. The van der Waals surface area contributed by atoms with E-state index in [9.17, 15) is 0 Å². The van der Waals surface area contributed by atoms with Crippen molar-refractivity contribution in [1.29, 1.82) is 0 Å². The molecule has 1 aromatic carbocycles. The Morgan fingerprint density at radius 3 is 2.94 bits per heavy atom. The number of H-pyrrole nitrogens is 1. The molecule has 0 spiro atoms. The van der Waals surface area contributed by atoms with E-state index in [2.05, 4.69) is 23.0 Å². The summed E-state index contributed by atoms with van der Waals surface area (Å²) >= 11 is 0. The van der Waals surface area contributed by atoms with Crippen molar-refractivity contribution in [2.75, 3.05) is 0 Å². The first-order valence-corrected chi connectivity index (χ1v) is 6.01. The van der Waals surface area contributed by atoms with Gasteiger partial charge in [0.1, 0.15) is 5.82 Å². The van der Waals surface area contributed by atoms with Gasteiger partial charge in [-0.15, -0.1) is 0 Å². The molecular weight excluding hydrogens is 198 g/mol. The smallest absolute Gasteiger partial charge is 0.107 e. The van der Waals surface area contributed by atoms with Crippen molar-refractivity contribution >= 4 is 11.0 Å². The maximum atomic E-state index is 5.61.